The van der Waals surface area contributed by atoms with E-state index in [4.69, 9.17) is 9.84 Å². The molecule has 0 aliphatic heterocycles. The van der Waals surface area contributed by atoms with Crippen molar-refractivity contribution in [2.75, 3.05) is 0 Å². The highest BCUT2D eigenvalue weighted by Crippen LogP contribution is 2.31. The van der Waals surface area contributed by atoms with Crippen molar-refractivity contribution in [1.82, 2.24) is 34.8 Å². The van der Waals surface area contributed by atoms with Gasteiger partial charge in [-0.15, -0.1) is 0 Å². The van der Waals surface area contributed by atoms with Crippen molar-refractivity contribution in [3.63, 3.8) is 0 Å². The van der Waals surface area contributed by atoms with E-state index in [2.05, 4.69) is 30.2 Å². The number of nitrogens with one attached hydrogen (secondary N) is 1. The Labute approximate surface area is 154 Å². The molecule has 0 spiro atoms. The van der Waals surface area contributed by atoms with Crippen LogP contribution >= 0.6 is 0 Å². The van der Waals surface area contributed by atoms with Crippen molar-refractivity contribution in [1.29, 1.82) is 0 Å². The van der Waals surface area contributed by atoms with Gasteiger partial charge in [0.2, 0.25) is 5.88 Å². The maximum absolute atomic E-state index is 10.7. The second-order valence-corrected chi connectivity index (χ2v) is 6.41. The number of aryl methyl sites for hydroxylation is 2. The molecule has 0 radical (unpaired) electrons. The molecular formula is C17H19N7O3. The molecule has 3 aromatic heterocycles. The van der Waals surface area contributed by atoms with Gasteiger partial charge in [-0.05, 0) is 13.8 Å². The second kappa shape index (κ2) is 6.78. The van der Waals surface area contributed by atoms with Crippen molar-refractivity contribution in [3.8, 4) is 17.3 Å². The molecule has 140 valence electrons. The topological polar surface area (TPSA) is 128 Å². The number of carbonyl (C=O) groups is 1. The molecule has 0 bridgehead atoms. The van der Waals surface area contributed by atoms with Crippen LogP contribution in [0.2, 0.25) is 0 Å². The lowest BCUT2D eigenvalue weighted by Gasteiger charge is -2.34. The van der Waals surface area contributed by atoms with E-state index in [-0.39, 0.29) is 12.1 Å². The van der Waals surface area contributed by atoms with E-state index in [1.54, 1.807) is 12.4 Å². The number of hydrogen-bond acceptors (Lipinski definition) is 7. The summed E-state index contributed by atoms with van der Waals surface area (Å²) in [6, 6.07) is -0.0849. The molecule has 1 aliphatic carbocycles. The maximum Gasteiger partial charge on any atom is 0.404 e. The normalized spacial score (nSPS) is 18.9. The monoisotopic (exact) mass is 369 g/mol. The van der Waals surface area contributed by atoms with E-state index in [1.807, 2.05) is 18.4 Å². The summed E-state index contributed by atoms with van der Waals surface area (Å²) in [5, 5.41) is 11.2. The number of fused-ring (bicyclic) bond motifs is 1. The van der Waals surface area contributed by atoms with Crippen LogP contribution < -0.4 is 10.1 Å². The second-order valence-electron chi connectivity index (χ2n) is 6.41. The summed E-state index contributed by atoms with van der Waals surface area (Å²) in [4.78, 5) is 32.4. The van der Waals surface area contributed by atoms with Crippen molar-refractivity contribution in [3.05, 3.63) is 24.5 Å². The van der Waals surface area contributed by atoms with E-state index in [1.165, 1.54) is 6.33 Å². The van der Waals surface area contributed by atoms with Crippen LogP contribution in [0.5, 0.6) is 5.88 Å². The smallest absolute Gasteiger partial charge is 0.404 e. The van der Waals surface area contributed by atoms with Crippen LogP contribution in [0.1, 0.15) is 25.6 Å². The average Bonchev–Trinajstić information content (AvgIpc) is 2.99. The molecule has 0 atom stereocenters. The predicted molar refractivity (Wildman–Crippen MR) is 95.4 cm³/mol. The van der Waals surface area contributed by atoms with Gasteiger partial charge < -0.3 is 19.7 Å². The zero-order chi connectivity index (χ0) is 19.0. The third kappa shape index (κ3) is 3.25. The number of imidazole rings is 1. The Morgan fingerprint density at radius 3 is 2.70 bits per heavy atom. The van der Waals surface area contributed by atoms with Gasteiger partial charge in [-0.3, -0.25) is 0 Å². The number of carboxylic acid groups (broad SMARTS) is 1. The van der Waals surface area contributed by atoms with Gasteiger partial charge in [-0.2, -0.15) is 4.98 Å². The Kier molecular flexibility index (Phi) is 4.30. The molecule has 0 aromatic carbocycles. The fourth-order valence-corrected chi connectivity index (χ4v) is 3.14. The molecule has 27 heavy (non-hydrogen) atoms. The van der Waals surface area contributed by atoms with Crippen LogP contribution in [0, 0.1) is 6.92 Å². The summed E-state index contributed by atoms with van der Waals surface area (Å²) >= 11 is 0. The minimum absolute atomic E-state index is 0.0849. The van der Waals surface area contributed by atoms with Crippen LogP contribution in [0.3, 0.4) is 0 Å². The number of amides is 1. The molecule has 1 fully saturated rings. The van der Waals surface area contributed by atoms with E-state index in [9.17, 15) is 4.79 Å². The van der Waals surface area contributed by atoms with Gasteiger partial charge in [0.15, 0.2) is 11.2 Å². The van der Waals surface area contributed by atoms with Crippen LogP contribution in [-0.2, 0) is 6.54 Å². The Bertz CT molecular complexity index is 980. The number of aromatic nitrogens is 6. The lowest BCUT2D eigenvalue weighted by Crippen LogP contribution is -2.48. The van der Waals surface area contributed by atoms with Crippen molar-refractivity contribution >= 4 is 17.3 Å². The quantitative estimate of drug-likeness (QED) is 0.696. The van der Waals surface area contributed by atoms with Gasteiger partial charge in [0.05, 0.1) is 5.56 Å². The van der Waals surface area contributed by atoms with Gasteiger partial charge in [0.1, 0.15) is 24.1 Å². The zero-order valence-electron chi connectivity index (χ0n) is 15.0. The molecule has 3 heterocycles. The highest BCUT2D eigenvalue weighted by atomic mass is 16.5. The summed E-state index contributed by atoms with van der Waals surface area (Å²) in [5.41, 5.74) is 2.04. The van der Waals surface area contributed by atoms with Gasteiger partial charge >= 0.3 is 6.09 Å². The first-order valence-corrected chi connectivity index (χ1v) is 8.71. The average molecular weight is 369 g/mol. The van der Waals surface area contributed by atoms with Crippen LogP contribution in [-0.4, -0.2) is 52.8 Å². The number of nitrogens with zero attached hydrogens (tertiary/aromatic N) is 6. The van der Waals surface area contributed by atoms with Gasteiger partial charge in [0.25, 0.3) is 0 Å². The van der Waals surface area contributed by atoms with E-state index in [0.29, 0.717) is 48.1 Å². The molecule has 1 amide bonds. The molecule has 10 nitrogen and oxygen atoms in total. The van der Waals surface area contributed by atoms with Crippen molar-refractivity contribution in [2.45, 2.75) is 45.4 Å². The Hall–Kier alpha value is -3.30. The summed E-state index contributed by atoms with van der Waals surface area (Å²) < 4.78 is 7.92. The minimum atomic E-state index is -1.02. The molecule has 10 heteroatoms. The first-order valence-electron chi connectivity index (χ1n) is 8.71. The molecule has 2 N–H and O–H groups in total. The molecule has 3 aromatic rings. The van der Waals surface area contributed by atoms with Crippen LogP contribution in [0.15, 0.2) is 18.7 Å². The maximum atomic E-state index is 10.7. The first-order chi connectivity index (χ1) is 13.0. The van der Waals surface area contributed by atoms with E-state index >= 15 is 0 Å². The molecular weight excluding hydrogens is 350 g/mol. The fourth-order valence-electron chi connectivity index (χ4n) is 3.14. The summed E-state index contributed by atoms with van der Waals surface area (Å²) in [5.74, 6) is 1.80. The first kappa shape index (κ1) is 17.1. The third-order valence-electron chi connectivity index (χ3n) is 4.55. The number of hydrogen-bond donors (Lipinski definition) is 2. The predicted octanol–water partition coefficient (Wildman–Crippen LogP) is 1.79. The lowest BCUT2D eigenvalue weighted by molar-refractivity contribution is 0.0805. The number of ether oxygens (including phenoxy) is 1. The van der Waals surface area contributed by atoms with Crippen LogP contribution in [0.4, 0.5) is 4.79 Å². The van der Waals surface area contributed by atoms with Crippen LogP contribution in [0.25, 0.3) is 22.6 Å². The van der Waals surface area contributed by atoms with Gasteiger partial charge in [-0.1, -0.05) is 0 Å². The summed E-state index contributed by atoms with van der Waals surface area (Å²) in [6.07, 6.45) is 5.00. The SMILES string of the molecule is CCn1c(-c2cnc(C)nc2)nc2c(OC3CC(NC(=O)O)C3)ncnc21. The van der Waals surface area contributed by atoms with E-state index < -0.39 is 6.09 Å². The highest BCUT2D eigenvalue weighted by Gasteiger charge is 2.33. The molecule has 4 rings (SSSR count). The standard InChI is InChI=1S/C17H19N7O3/c1-3-24-14(10-6-18-9(2)19-7-10)23-13-15(24)20-8-21-16(13)27-12-4-11(5-12)22-17(25)26/h6-8,11-12,22H,3-5H2,1-2H3,(H,25,26). The summed E-state index contributed by atoms with van der Waals surface area (Å²) in [6.45, 7) is 4.51. The molecule has 0 unspecified atom stereocenters. The van der Waals surface area contributed by atoms with Gasteiger partial charge in [-0.25, -0.2) is 24.7 Å². The van der Waals surface area contributed by atoms with Crippen molar-refractivity contribution in [2.24, 2.45) is 0 Å². The Morgan fingerprint density at radius 1 is 1.30 bits per heavy atom. The minimum Gasteiger partial charge on any atom is -0.473 e. The zero-order valence-corrected chi connectivity index (χ0v) is 15.0. The molecule has 1 saturated carbocycles. The highest BCUT2D eigenvalue weighted by molar-refractivity contribution is 5.81. The largest absolute Gasteiger partial charge is 0.473 e. The Balaban J connectivity index is 1.63. The third-order valence-corrected chi connectivity index (χ3v) is 4.55. The van der Waals surface area contributed by atoms with E-state index in [0.717, 1.165) is 5.56 Å². The lowest BCUT2D eigenvalue weighted by atomic mass is 9.89. The van der Waals surface area contributed by atoms with Crippen molar-refractivity contribution < 1.29 is 14.6 Å². The Morgan fingerprint density at radius 2 is 2.04 bits per heavy atom. The van der Waals surface area contributed by atoms with Gasteiger partial charge in [0, 0.05) is 37.8 Å². The molecule has 1 aliphatic rings. The summed E-state index contributed by atoms with van der Waals surface area (Å²) in [7, 11) is 0. The molecule has 0 saturated heterocycles. The fraction of sp³-hybridized carbons (Fsp3) is 0.412. The number of rotatable bonds is 5.